The van der Waals surface area contributed by atoms with E-state index in [0.29, 0.717) is 23.5 Å². The molecule has 1 aromatic carbocycles. The number of halogens is 2. The molecule has 0 spiro atoms. The largest absolute Gasteiger partial charge is 0.497 e. The Morgan fingerprint density at radius 3 is 2.49 bits per heavy atom. The summed E-state index contributed by atoms with van der Waals surface area (Å²) in [7, 11) is 3.61. The molecule has 5 aromatic rings. The number of hydrogen-bond acceptors (Lipinski definition) is 8. The van der Waals surface area contributed by atoms with Gasteiger partial charge >= 0.3 is 0 Å². The maximum absolute atomic E-state index is 13.5. The highest BCUT2D eigenvalue weighted by molar-refractivity contribution is 6.05. The molecule has 0 aliphatic rings. The number of nitrogens with one attached hydrogen (secondary N) is 1. The number of aromatic nitrogens is 4. The van der Waals surface area contributed by atoms with E-state index in [4.69, 9.17) is 4.74 Å². The van der Waals surface area contributed by atoms with E-state index in [0.717, 1.165) is 38.6 Å². The van der Waals surface area contributed by atoms with Crippen LogP contribution in [-0.4, -0.2) is 52.5 Å². The van der Waals surface area contributed by atoms with Crippen molar-refractivity contribution >= 4 is 28.3 Å². The van der Waals surface area contributed by atoms with E-state index in [-0.39, 0.29) is 5.56 Å². The van der Waals surface area contributed by atoms with Gasteiger partial charge in [-0.2, -0.15) is 0 Å². The van der Waals surface area contributed by atoms with Crippen LogP contribution in [0.25, 0.3) is 22.0 Å². The van der Waals surface area contributed by atoms with Crippen molar-refractivity contribution < 1.29 is 18.3 Å². The zero-order valence-electron chi connectivity index (χ0n) is 24.2. The van der Waals surface area contributed by atoms with E-state index in [1.165, 1.54) is 25.5 Å². The number of hydrogen-bond donors (Lipinski definition) is 1. The van der Waals surface area contributed by atoms with Crippen LogP contribution in [0.1, 0.15) is 28.5 Å². The monoisotopic (exact) mass is 583 g/mol. The Labute approximate surface area is 248 Å². The summed E-state index contributed by atoms with van der Waals surface area (Å²) in [6.45, 7) is 3.80. The summed E-state index contributed by atoms with van der Waals surface area (Å²) in [5.41, 5.74) is 7.18. The molecule has 0 aliphatic carbocycles. The van der Waals surface area contributed by atoms with Crippen LogP contribution >= 0.6 is 0 Å². The first kappa shape index (κ1) is 29.5. The molecule has 1 atom stereocenters. The summed E-state index contributed by atoms with van der Waals surface area (Å²) in [4.78, 5) is 33.2. The number of benzene rings is 1. The Balaban J connectivity index is 1.43. The van der Waals surface area contributed by atoms with Crippen molar-refractivity contribution in [3.63, 3.8) is 0 Å². The first-order valence-corrected chi connectivity index (χ1v) is 13.6. The molecule has 0 radical (unpaired) electrons. The van der Waals surface area contributed by atoms with Crippen LogP contribution in [0.15, 0.2) is 85.6 Å². The van der Waals surface area contributed by atoms with Gasteiger partial charge < -0.3 is 9.64 Å². The molecule has 43 heavy (non-hydrogen) atoms. The van der Waals surface area contributed by atoms with Gasteiger partial charge in [0, 0.05) is 66.7 Å². The van der Waals surface area contributed by atoms with E-state index in [1.54, 1.807) is 37.7 Å². The van der Waals surface area contributed by atoms with Crippen molar-refractivity contribution in [1.29, 1.82) is 0 Å². The van der Waals surface area contributed by atoms with E-state index in [2.05, 4.69) is 25.4 Å². The number of carbonyl (C=O) groups is 1. The normalized spacial score (nSPS) is 11.9. The number of rotatable bonds is 10. The third-order valence-corrected chi connectivity index (χ3v) is 6.99. The van der Waals surface area contributed by atoms with Crippen LogP contribution in [0.4, 0.5) is 20.3 Å². The van der Waals surface area contributed by atoms with E-state index in [9.17, 15) is 13.6 Å². The first-order valence-electron chi connectivity index (χ1n) is 13.6. The lowest BCUT2D eigenvalue weighted by molar-refractivity contribution is 0.0884. The molecule has 1 amide bonds. The summed E-state index contributed by atoms with van der Waals surface area (Å²) in [5, 5.41) is 1.90. The highest BCUT2D eigenvalue weighted by Gasteiger charge is 2.25. The average molecular weight is 584 g/mol. The molecular formula is C32H31F2N7O2. The van der Waals surface area contributed by atoms with Gasteiger partial charge in [-0.25, -0.2) is 24.2 Å². The van der Waals surface area contributed by atoms with Gasteiger partial charge in [0.25, 0.3) is 12.3 Å². The minimum atomic E-state index is -2.69. The van der Waals surface area contributed by atoms with Crippen molar-refractivity contribution in [3.05, 3.63) is 102 Å². The molecule has 4 heterocycles. The molecule has 220 valence electrons. The minimum absolute atomic E-state index is 0.241. The van der Waals surface area contributed by atoms with Gasteiger partial charge in [0.05, 0.1) is 36.1 Å². The molecule has 11 heteroatoms. The molecule has 0 aliphatic heterocycles. The van der Waals surface area contributed by atoms with E-state index in [1.807, 2.05) is 55.3 Å². The van der Waals surface area contributed by atoms with Crippen LogP contribution in [0.5, 0.6) is 5.75 Å². The Kier molecular flexibility index (Phi) is 8.82. The second kappa shape index (κ2) is 12.9. The van der Waals surface area contributed by atoms with Gasteiger partial charge in [-0.3, -0.25) is 19.7 Å². The molecule has 0 fully saturated rings. The molecule has 4 aromatic heterocycles. The van der Waals surface area contributed by atoms with Gasteiger partial charge in [0.2, 0.25) is 0 Å². The third kappa shape index (κ3) is 6.73. The number of amides is 1. The zero-order chi connectivity index (χ0) is 30.5. The highest BCUT2D eigenvalue weighted by Crippen LogP contribution is 2.30. The second-order valence-corrected chi connectivity index (χ2v) is 10.1. The summed E-state index contributed by atoms with van der Waals surface area (Å²) >= 11 is 0. The predicted octanol–water partition coefficient (Wildman–Crippen LogP) is 5.85. The predicted molar refractivity (Wildman–Crippen MR) is 162 cm³/mol. The Morgan fingerprint density at radius 2 is 1.79 bits per heavy atom. The highest BCUT2D eigenvalue weighted by atomic mass is 19.3. The number of anilines is 2. The molecule has 1 unspecified atom stereocenters. The standard InChI is InChI=1S/C32H31F2N7O2/c1-20-28(13-26(18-36-20)41(39-21(2)31(33)34)32(42)23-6-5-11-35-15-23)24-12-25-17-38-30(14-29(25)37-16-24)40(3)19-22-7-9-27(43-4)10-8-22/h5-18,21,31,39H,19H2,1-4H3. The number of hydrazine groups is 1. The number of pyridine rings is 4. The Bertz CT molecular complexity index is 1720. The quantitative estimate of drug-likeness (QED) is 0.205. The number of fused-ring (bicyclic) bond motifs is 1. The number of nitrogens with zero attached hydrogens (tertiary/aromatic N) is 6. The van der Waals surface area contributed by atoms with Crippen LogP contribution in [0, 0.1) is 6.92 Å². The molecule has 1 N–H and O–H groups in total. The molecular weight excluding hydrogens is 552 g/mol. The van der Waals surface area contributed by atoms with Gasteiger partial charge in [0.1, 0.15) is 11.6 Å². The Hall–Kier alpha value is -5.03. The smallest absolute Gasteiger partial charge is 0.274 e. The van der Waals surface area contributed by atoms with E-state index < -0.39 is 18.4 Å². The average Bonchev–Trinajstić information content (AvgIpc) is 3.03. The molecule has 0 bridgehead atoms. The number of ether oxygens (including phenoxy) is 1. The lowest BCUT2D eigenvalue weighted by atomic mass is 10.0. The van der Waals surface area contributed by atoms with Crippen LogP contribution in [-0.2, 0) is 6.54 Å². The summed E-state index contributed by atoms with van der Waals surface area (Å²) in [6, 6.07) is 15.4. The fraction of sp³-hybridized carbons (Fsp3) is 0.219. The summed E-state index contributed by atoms with van der Waals surface area (Å²) < 4.78 is 32.2. The van der Waals surface area contributed by atoms with Gasteiger partial charge in [-0.05, 0) is 55.8 Å². The van der Waals surface area contributed by atoms with Gasteiger partial charge in [-0.1, -0.05) is 12.1 Å². The van der Waals surface area contributed by atoms with Crippen molar-refractivity contribution in [3.8, 4) is 16.9 Å². The molecule has 5 rings (SSSR count). The number of alkyl halides is 2. The van der Waals surface area contributed by atoms with Crippen molar-refractivity contribution in [2.24, 2.45) is 0 Å². The van der Waals surface area contributed by atoms with E-state index >= 15 is 0 Å². The number of carbonyl (C=O) groups excluding carboxylic acids is 1. The summed E-state index contributed by atoms with van der Waals surface area (Å²) in [5.74, 6) is 1.04. The molecule has 0 saturated carbocycles. The maximum atomic E-state index is 13.5. The van der Waals surface area contributed by atoms with Gasteiger partial charge in [0.15, 0.2) is 0 Å². The fourth-order valence-electron chi connectivity index (χ4n) is 4.52. The maximum Gasteiger partial charge on any atom is 0.274 e. The fourth-order valence-corrected chi connectivity index (χ4v) is 4.52. The topological polar surface area (TPSA) is 96.4 Å². The Morgan fingerprint density at radius 1 is 1.00 bits per heavy atom. The van der Waals surface area contributed by atoms with Crippen LogP contribution in [0.3, 0.4) is 0 Å². The second-order valence-electron chi connectivity index (χ2n) is 10.1. The van der Waals surface area contributed by atoms with Crippen LogP contribution < -0.4 is 20.1 Å². The molecule has 0 saturated heterocycles. The van der Waals surface area contributed by atoms with Crippen molar-refractivity contribution in [1.82, 2.24) is 25.4 Å². The SMILES string of the molecule is COc1ccc(CN(C)c2cc3ncc(-c4cc(N(NC(C)C(F)F)C(=O)c5cccnc5)cnc4C)cc3cn2)cc1. The minimum Gasteiger partial charge on any atom is -0.497 e. The van der Waals surface area contributed by atoms with Gasteiger partial charge in [-0.15, -0.1) is 0 Å². The first-order chi connectivity index (χ1) is 20.7. The van der Waals surface area contributed by atoms with Crippen LogP contribution in [0.2, 0.25) is 0 Å². The lowest BCUT2D eigenvalue weighted by Crippen LogP contribution is -2.50. The lowest BCUT2D eigenvalue weighted by Gasteiger charge is -2.27. The number of aryl methyl sites for hydroxylation is 1. The summed E-state index contributed by atoms with van der Waals surface area (Å²) in [6.07, 6.45) is 5.19. The third-order valence-electron chi connectivity index (χ3n) is 6.99. The number of methoxy groups -OCH3 is 1. The van der Waals surface area contributed by atoms with Crippen molar-refractivity contribution in [2.75, 3.05) is 24.1 Å². The zero-order valence-corrected chi connectivity index (χ0v) is 24.2. The van der Waals surface area contributed by atoms with Crippen molar-refractivity contribution in [2.45, 2.75) is 32.9 Å². The molecule has 9 nitrogen and oxygen atoms in total.